The van der Waals surface area contributed by atoms with Crippen LogP contribution in [-0.4, -0.2) is 23.1 Å². The summed E-state index contributed by atoms with van der Waals surface area (Å²) in [5, 5.41) is 2.60. The first-order chi connectivity index (χ1) is 17.1. The molecule has 0 saturated heterocycles. The van der Waals surface area contributed by atoms with Crippen molar-refractivity contribution < 1.29 is 0 Å². The fourth-order valence-electron chi connectivity index (χ4n) is 5.19. The molecule has 5 nitrogen and oxygen atoms in total. The summed E-state index contributed by atoms with van der Waals surface area (Å²) in [6.07, 6.45) is 5.28. The van der Waals surface area contributed by atoms with Crippen LogP contribution in [0.5, 0.6) is 0 Å². The van der Waals surface area contributed by atoms with Gasteiger partial charge in [0.25, 0.3) is 0 Å². The van der Waals surface area contributed by atoms with Gasteiger partial charge in [0.15, 0.2) is 10.9 Å². The first-order valence-corrected chi connectivity index (χ1v) is 12.9. The molecule has 0 aliphatic carbocycles. The predicted molar refractivity (Wildman–Crippen MR) is 149 cm³/mol. The van der Waals surface area contributed by atoms with Gasteiger partial charge in [0.1, 0.15) is 0 Å². The van der Waals surface area contributed by atoms with Gasteiger partial charge >= 0.3 is 0 Å². The molecule has 0 aliphatic heterocycles. The maximum atomic E-state index is 14.1. The summed E-state index contributed by atoms with van der Waals surface area (Å²) in [4.78, 5) is 36.6. The Labute approximate surface area is 204 Å². The van der Waals surface area contributed by atoms with Crippen molar-refractivity contribution in [1.29, 1.82) is 0 Å². The molecule has 2 N–H and O–H groups in total. The predicted octanol–water partition coefficient (Wildman–Crippen LogP) is 6.65. The largest absolute Gasteiger partial charge is 0.371 e. The molecule has 5 aromatic rings. The number of fused-ring (bicyclic) bond motifs is 4. The molecule has 35 heavy (non-hydrogen) atoms. The van der Waals surface area contributed by atoms with Crippen LogP contribution in [0.3, 0.4) is 0 Å². The van der Waals surface area contributed by atoms with E-state index in [1.165, 1.54) is 5.56 Å². The maximum absolute atomic E-state index is 14.1. The Hall–Kier alpha value is -3.60. The molecule has 2 heterocycles. The highest BCUT2D eigenvalue weighted by molar-refractivity contribution is 6.05. The van der Waals surface area contributed by atoms with E-state index in [0.717, 1.165) is 67.3 Å². The fourth-order valence-corrected chi connectivity index (χ4v) is 5.19. The van der Waals surface area contributed by atoms with Crippen LogP contribution in [0.15, 0.2) is 58.1 Å². The Morgan fingerprint density at radius 3 is 1.97 bits per heavy atom. The molecule has 0 atom stereocenters. The summed E-state index contributed by atoms with van der Waals surface area (Å²) in [7, 11) is 0. The number of aromatic nitrogens is 2. The van der Waals surface area contributed by atoms with E-state index in [1.54, 1.807) is 0 Å². The number of rotatable bonds is 8. The number of benzene rings is 3. The van der Waals surface area contributed by atoms with Crippen LogP contribution in [0.4, 0.5) is 5.69 Å². The lowest BCUT2D eigenvalue weighted by Gasteiger charge is -2.28. The highest BCUT2D eigenvalue weighted by Crippen LogP contribution is 2.31. The Balaban J connectivity index is 1.83. The smallest absolute Gasteiger partial charge is 0.199 e. The van der Waals surface area contributed by atoms with Gasteiger partial charge in [-0.1, -0.05) is 51.8 Å². The quantitative estimate of drug-likeness (QED) is 0.251. The van der Waals surface area contributed by atoms with Crippen molar-refractivity contribution >= 4 is 49.3 Å². The molecule has 180 valence electrons. The lowest BCUT2D eigenvalue weighted by molar-refractivity contribution is 0.677. The number of hydrogen-bond acceptors (Lipinski definition) is 3. The van der Waals surface area contributed by atoms with Crippen LogP contribution in [0.2, 0.25) is 0 Å². The Morgan fingerprint density at radius 1 is 0.686 bits per heavy atom. The summed E-state index contributed by atoms with van der Waals surface area (Å²) in [6.45, 7) is 8.45. The minimum Gasteiger partial charge on any atom is -0.371 e. The van der Waals surface area contributed by atoms with Gasteiger partial charge in [-0.3, -0.25) is 9.59 Å². The highest BCUT2D eigenvalue weighted by Gasteiger charge is 2.19. The molecular formula is C30H33N3O2. The fraction of sp³-hybridized carbons (Fsp3) is 0.333. The number of nitrogens with one attached hydrogen (secondary N) is 2. The van der Waals surface area contributed by atoms with E-state index >= 15 is 0 Å². The molecule has 5 heteroatoms. The van der Waals surface area contributed by atoms with E-state index in [4.69, 9.17) is 0 Å². The lowest BCUT2D eigenvalue weighted by Crippen LogP contribution is -2.28. The first-order valence-electron chi connectivity index (χ1n) is 12.9. The van der Waals surface area contributed by atoms with Gasteiger partial charge in [0, 0.05) is 34.8 Å². The first kappa shape index (κ1) is 23.2. The van der Waals surface area contributed by atoms with Crippen LogP contribution < -0.4 is 15.8 Å². The number of para-hydroxylation sites is 1. The molecule has 0 bridgehead atoms. The lowest BCUT2D eigenvalue weighted by atomic mass is 10.00. The summed E-state index contributed by atoms with van der Waals surface area (Å²) >= 11 is 0. The highest BCUT2D eigenvalue weighted by atomic mass is 16.1. The number of hydrogen-bond donors (Lipinski definition) is 2. The standard InChI is InChI=1S/C30H33N3O2/c1-4-7-15-33(16-8-5-2)28-19(6-3)13-14-24-27(28)30(35)22-18-25-21(17-26(22)32-24)29(34)20-11-9-10-12-23(20)31-25/h9-14,17-18H,4-8,15-16H2,1-3H3,(H,31,34)(H,32,35). The monoisotopic (exact) mass is 467 g/mol. The number of nitrogens with zero attached hydrogens (tertiary/aromatic N) is 1. The van der Waals surface area contributed by atoms with Crippen LogP contribution in [0, 0.1) is 0 Å². The van der Waals surface area contributed by atoms with Crippen molar-refractivity contribution in [3.63, 3.8) is 0 Å². The molecule has 0 amide bonds. The van der Waals surface area contributed by atoms with Crippen LogP contribution in [-0.2, 0) is 6.42 Å². The number of anilines is 1. The van der Waals surface area contributed by atoms with Crippen molar-refractivity contribution in [1.82, 2.24) is 9.97 Å². The normalized spacial score (nSPS) is 11.7. The average molecular weight is 468 g/mol. The van der Waals surface area contributed by atoms with Crippen molar-refractivity contribution in [2.24, 2.45) is 0 Å². The molecule has 2 aromatic heterocycles. The van der Waals surface area contributed by atoms with E-state index in [1.807, 2.05) is 42.5 Å². The maximum Gasteiger partial charge on any atom is 0.199 e. The van der Waals surface area contributed by atoms with Gasteiger partial charge in [0.05, 0.1) is 27.6 Å². The van der Waals surface area contributed by atoms with Crippen LogP contribution in [0.25, 0.3) is 43.6 Å². The van der Waals surface area contributed by atoms with E-state index in [2.05, 4.69) is 41.7 Å². The van der Waals surface area contributed by atoms with Gasteiger partial charge in [-0.2, -0.15) is 0 Å². The molecule has 3 aromatic carbocycles. The summed E-state index contributed by atoms with van der Waals surface area (Å²) in [5.74, 6) is 0. The molecule has 0 unspecified atom stereocenters. The zero-order valence-electron chi connectivity index (χ0n) is 20.8. The van der Waals surface area contributed by atoms with Gasteiger partial charge in [-0.25, -0.2) is 0 Å². The van der Waals surface area contributed by atoms with Crippen LogP contribution in [0.1, 0.15) is 52.0 Å². The van der Waals surface area contributed by atoms with E-state index < -0.39 is 0 Å². The molecule has 5 rings (SSSR count). The zero-order chi connectivity index (χ0) is 24.5. The average Bonchev–Trinajstić information content (AvgIpc) is 2.88. The van der Waals surface area contributed by atoms with Gasteiger partial charge in [-0.15, -0.1) is 0 Å². The third-order valence-corrected chi connectivity index (χ3v) is 7.11. The minimum atomic E-state index is -0.0236. The van der Waals surface area contributed by atoms with E-state index in [0.29, 0.717) is 27.2 Å². The minimum absolute atomic E-state index is 0.0213. The Kier molecular flexibility index (Phi) is 6.33. The Bertz CT molecular complexity index is 1650. The van der Waals surface area contributed by atoms with E-state index in [9.17, 15) is 9.59 Å². The second-order valence-corrected chi connectivity index (χ2v) is 9.44. The molecule has 0 aliphatic rings. The molecule has 0 saturated carbocycles. The van der Waals surface area contributed by atoms with Gasteiger partial charge in [-0.05, 0) is 55.2 Å². The third-order valence-electron chi connectivity index (χ3n) is 7.11. The van der Waals surface area contributed by atoms with Gasteiger partial charge < -0.3 is 14.9 Å². The van der Waals surface area contributed by atoms with Crippen molar-refractivity contribution in [2.45, 2.75) is 52.9 Å². The molecule has 0 radical (unpaired) electrons. The van der Waals surface area contributed by atoms with Crippen molar-refractivity contribution in [3.8, 4) is 0 Å². The third kappa shape index (κ3) is 3.99. The summed E-state index contributed by atoms with van der Waals surface area (Å²) in [5.41, 5.74) is 5.26. The summed E-state index contributed by atoms with van der Waals surface area (Å²) < 4.78 is 0. The van der Waals surface area contributed by atoms with Crippen molar-refractivity contribution in [2.75, 3.05) is 18.0 Å². The molecular weight excluding hydrogens is 434 g/mol. The van der Waals surface area contributed by atoms with E-state index in [-0.39, 0.29) is 10.9 Å². The second-order valence-electron chi connectivity index (χ2n) is 9.44. The molecule has 0 spiro atoms. The topological polar surface area (TPSA) is 69.0 Å². The summed E-state index contributed by atoms with van der Waals surface area (Å²) in [6, 6.07) is 15.4. The molecule has 0 fully saturated rings. The number of aromatic amines is 2. The van der Waals surface area contributed by atoms with Crippen LogP contribution >= 0.6 is 0 Å². The van der Waals surface area contributed by atoms with Gasteiger partial charge in [0.2, 0.25) is 0 Å². The second kappa shape index (κ2) is 9.57. The van der Waals surface area contributed by atoms with Crippen molar-refractivity contribution in [3.05, 3.63) is 74.5 Å². The number of unbranched alkanes of at least 4 members (excludes halogenated alkanes) is 2. The zero-order valence-corrected chi connectivity index (χ0v) is 20.8. The SMILES string of the molecule is CCCCN(CCCC)c1c(CC)ccc2[nH]c3cc4c(=O)c5ccccc5[nH]c4cc3c(=O)c12. The number of pyridine rings is 2. The number of aryl methyl sites for hydroxylation is 1. The Morgan fingerprint density at radius 2 is 1.31 bits per heavy atom. The number of H-pyrrole nitrogens is 2.